The lowest BCUT2D eigenvalue weighted by Gasteiger charge is -2.44. The predicted octanol–water partition coefficient (Wildman–Crippen LogP) is 5.11. The molecule has 2 aliphatic heterocycles. The fourth-order valence-corrected chi connectivity index (χ4v) is 6.90. The van der Waals surface area contributed by atoms with Crippen molar-refractivity contribution < 1.29 is 34.1 Å². The van der Waals surface area contributed by atoms with E-state index in [1.807, 2.05) is 26.8 Å². The average Bonchev–Trinajstić information content (AvgIpc) is 2.95. The summed E-state index contributed by atoms with van der Waals surface area (Å²) in [4.78, 5) is 42.0. The molecule has 0 radical (unpaired) electrons. The number of likely N-dealkylation sites (tertiary alicyclic amines) is 1. The Labute approximate surface area is 246 Å². The summed E-state index contributed by atoms with van der Waals surface area (Å²) in [5.74, 6) is -4.44. The molecule has 8 heteroatoms. The van der Waals surface area contributed by atoms with Crippen molar-refractivity contribution in [3.63, 3.8) is 0 Å². The number of Topliss-reactive ketones (excluding diaryl/α,β-unsaturated/α-hetero) is 1. The minimum Gasteiger partial charge on any atom is -0.456 e. The summed E-state index contributed by atoms with van der Waals surface area (Å²) in [5.41, 5.74) is 0.972. The first-order chi connectivity index (χ1) is 19.4. The van der Waals surface area contributed by atoms with Crippen LogP contribution in [0.15, 0.2) is 24.3 Å². The number of esters is 1. The minimum absolute atomic E-state index is 0.159. The largest absolute Gasteiger partial charge is 0.456 e. The molecule has 1 saturated carbocycles. The van der Waals surface area contributed by atoms with Crippen LogP contribution in [0.4, 0.5) is 0 Å². The highest BCUT2D eigenvalue weighted by Gasteiger charge is 2.53. The molecule has 9 atom stereocenters. The molecule has 1 aliphatic carbocycles. The molecule has 0 spiro atoms. The fourth-order valence-electron chi connectivity index (χ4n) is 6.90. The Morgan fingerprint density at radius 2 is 1.85 bits per heavy atom. The van der Waals surface area contributed by atoms with E-state index in [1.54, 1.807) is 6.92 Å². The highest BCUT2D eigenvalue weighted by molar-refractivity contribution is 6.39. The smallest absolute Gasteiger partial charge is 0.329 e. The summed E-state index contributed by atoms with van der Waals surface area (Å²) in [6.45, 7) is 13.8. The van der Waals surface area contributed by atoms with Crippen LogP contribution < -0.4 is 0 Å². The van der Waals surface area contributed by atoms with Gasteiger partial charge in [-0.15, -0.1) is 6.58 Å². The van der Waals surface area contributed by atoms with Crippen LogP contribution in [0.5, 0.6) is 0 Å². The van der Waals surface area contributed by atoms with Gasteiger partial charge < -0.3 is 24.6 Å². The van der Waals surface area contributed by atoms with E-state index in [0.29, 0.717) is 38.0 Å². The van der Waals surface area contributed by atoms with E-state index in [-0.39, 0.29) is 30.6 Å². The van der Waals surface area contributed by atoms with Crippen LogP contribution in [0.1, 0.15) is 105 Å². The number of rotatable bonds is 11. The number of ketones is 1. The van der Waals surface area contributed by atoms with E-state index in [9.17, 15) is 24.6 Å². The maximum atomic E-state index is 13.6. The Morgan fingerprint density at radius 1 is 1.12 bits per heavy atom. The molecule has 232 valence electrons. The summed E-state index contributed by atoms with van der Waals surface area (Å²) in [5, 5.41) is 21.4. The zero-order valence-corrected chi connectivity index (χ0v) is 25.8. The van der Waals surface area contributed by atoms with Gasteiger partial charge >= 0.3 is 5.97 Å². The van der Waals surface area contributed by atoms with Gasteiger partial charge in [0.15, 0.2) is 0 Å². The molecule has 0 aromatic heterocycles. The van der Waals surface area contributed by atoms with Crippen molar-refractivity contribution in [2.24, 2.45) is 23.7 Å². The van der Waals surface area contributed by atoms with E-state index in [1.165, 1.54) is 4.90 Å². The Bertz CT molecular complexity index is 963. The topological polar surface area (TPSA) is 113 Å². The lowest BCUT2D eigenvalue weighted by molar-refractivity contribution is -0.274. The number of aliphatic hydroxyl groups excluding tert-OH is 1. The monoisotopic (exact) mass is 575 g/mol. The summed E-state index contributed by atoms with van der Waals surface area (Å²) in [6.07, 6.45) is 10.8. The van der Waals surface area contributed by atoms with Crippen LogP contribution in [0, 0.1) is 23.7 Å². The van der Waals surface area contributed by atoms with E-state index >= 15 is 0 Å². The third kappa shape index (κ3) is 8.08. The van der Waals surface area contributed by atoms with Crippen molar-refractivity contribution in [3.8, 4) is 0 Å². The molecular weight excluding hydrogens is 522 g/mol. The summed E-state index contributed by atoms with van der Waals surface area (Å²) >= 11 is 0. The van der Waals surface area contributed by atoms with Crippen molar-refractivity contribution in [2.75, 3.05) is 6.54 Å². The number of carbonyl (C=O) groups is 3. The van der Waals surface area contributed by atoms with Crippen LogP contribution in [-0.2, 0) is 23.9 Å². The first-order valence-corrected chi connectivity index (χ1v) is 15.9. The van der Waals surface area contributed by atoms with Gasteiger partial charge in [-0.1, -0.05) is 39.8 Å². The maximum absolute atomic E-state index is 13.6. The van der Waals surface area contributed by atoms with E-state index in [0.717, 1.165) is 44.1 Å². The first-order valence-electron chi connectivity index (χ1n) is 15.9. The molecule has 2 heterocycles. The Kier molecular flexibility index (Phi) is 12.2. The Morgan fingerprint density at radius 3 is 2.51 bits per heavy atom. The van der Waals surface area contributed by atoms with E-state index in [4.69, 9.17) is 9.47 Å². The number of ether oxygens (including phenoxy) is 2. The van der Waals surface area contributed by atoms with E-state index in [2.05, 4.69) is 19.6 Å². The SMILES string of the molecule is C=CCCC[C@H](OC(=O)[C@@H]1CCCCN1C(=O)C(=O)[C@]1(O)O[C@H](CC)[C@@H](C)C[C@H]1C)/C(C)=C/[C@@H]1CC[C@@H](O)[C@H](C)C1. The quantitative estimate of drug-likeness (QED) is 0.152. The Balaban J connectivity index is 1.76. The van der Waals surface area contributed by atoms with Gasteiger partial charge in [-0.3, -0.25) is 9.59 Å². The van der Waals surface area contributed by atoms with Crippen molar-refractivity contribution in [3.05, 3.63) is 24.3 Å². The van der Waals surface area contributed by atoms with Crippen molar-refractivity contribution in [1.82, 2.24) is 4.90 Å². The van der Waals surface area contributed by atoms with Gasteiger partial charge in [0.05, 0.1) is 12.2 Å². The maximum Gasteiger partial charge on any atom is 0.329 e. The van der Waals surface area contributed by atoms with Crippen molar-refractivity contribution in [2.45, 2.75) is 135 Å². The highest BCUT2D eigenvalue weighted by Crippen LogP contribution is 2.38. The molecular formula is C33H53NO7. The molecule has 41 heavy (non-hydrogen) atoms. The predicted molar refractivity (Wildman–Crippen MR) is 158 cm³/mol. The number of piperidine rings is 1. The van der Waals surface area contributed by atoms with Crippen molar-refractivity contribution >= 4 is 17.7 Å². The average molecular weight is 576 g/mol. The normalized spacial score (nSPS) is 35.4. The number of amides is 1. The molecule has 2 N–H and O–H groups in total. The van der Waals surface area contributed by atoms with Gasteiger partial charge in [-0.25, -0.2) is 4.79 Å². The lowest BCUT2D eigenvalue weighted by Crippen LogP contribution is -2.61. The zero-order chi connectivity index (χ0) is 30.3. The number of unbranched alkanes of at least 4 members (excludes halogenated alkanes) is 1. The highest BCUT2D eigenvalue weighted by atomic mass is 16.6. The molecule has 0 unspecified atom stereocenters. The van der Waals surface area contributed by atoms with Crippen LogP contribution in [0.2, 0.25) is 0 Å². The van der Waals surface area contributed by atoms with Crippen LogP contribution in [0.25, 0.3) is 0 Å². The third-order valence-electron chi connectivity index (χ3n) is 9.62. The van der Waals surface area contributed by atoms with Gasteiger partial charge in [0.1, 0.15) is 12.1 Å². The standard InChI is InChI=1S/C33H53NO7/c1-7-9-10-14-29(23(5)20-25-15-16-27(35)21(3)19-25)40-32(38)26-13-11-12-17-34(26)31(37)30(36)33(39)24(6)18-22(4)28(8-2)41-33/h7,20-22,24-29,35,39H,1,8-19H2,2-6H3/b23-20+/t21-,22+,24-,25-,26+,27-,28-,29+,33-/m1/s1. The summed E-state index contributed by atoms with van der Waals surface area (Å²) in [7, 11) is 0. The first kappa shape index (κ1) is 33.5. The fraction of sp³-hybridized carbons (Fsp3) is 0.788. The third-order valence-corrected chi connectivity index (χ3v) is 9.62. The van der Waals surface area contributed by atoms with Gasteiger partial charge in [0, 0.05) is 12.5 Å². The summed E-state index contributed by atoms with van der Waals surface area (Å²) in [6, 6.07) is -0.886. The zero-order valence-electron chi connectivity index (χ0n) is 25.8. The van der Waals surface area contributed by atoms with Gasteiger partial charge in [0.2, 0.25) is 5.79 Å². The molecule has 3 aliphatic rings. The molecule has 3 fully saturated rings. The lowest BCUT2D eigenvalue weighted by atomic mass is 9.79. The second kappa shape index (κ2) is 14.9. The van der Waals surface area contributed by atoms with E-state index < -0.39 is 41.5 Å². The van der Waals surface area contributed by atoms with Crippen LogP contribution >= 0.6 is 0 Å². The molecule has 0 aromatic rings. The number of nitrogens with zero attached hydrogens (tertiary/aromatic N) is 1. The number of carbonyl (C=O) groups excluding carboxylic acids is 3. The van der Waals surface area contributed by atoms with Gasteiger partial charge in [0.25, 0.3) is 11.7 Å². The number of hydrogen-bond acceptors (Lipinski definition) is 7. The molecule has 0 aromatic carbocycles. The van der Waals surface area contributed by atoms with Gasteiger partial charge in [-0.2, -0.15) is 0 Å². The second-order valence-electron chi connectivity index (χ2n) is 12.9. The van der Waals surface area contributed by atoms with Crippen molar-refractivity contribution in [1.29, 1.82) is 0 Å². The van der Waals surface area contributed by atoms with Crippen LogP contribution in [-0.4, -0.2) is 69.5 Å². The molecule has 1 amide bonds. The Hall–Kier alpha value is -2.03. The number of hydrogen-bond donors (Lipinski definition) is 2. The molecule has 0 bridgehead atoms. The molecule has 2 saturated heterocycles. The minimum atomic E-state index is -2.20. The second-order valence-corrected chi connectivity index (χ2v) is 12.9. The number of aliphatic hydroxyl groups is 2. The summed E-state index contributed by atoms with van der Waals surface area (Å²) < 4.78 is 12.0. The molecule has 3 rings (SSSR count). The number of allylic oxidation sites excluding steroid dienone is 2. The van der Waals surface area contributed by atoms with Gasteiger partial charge in [-0.05, 0) is 101 Å². The van der Waals surface area contributed by atoms with Crippen LogP contribution in [0.3, 0.4) is 0 Å². The molecule has 8 nitrogen and oxygen atoms in total.